The molecule has 5 heteroatoms. The van der Waals surface area contributed by atoms with Crippen LogP contribution < -0.4 is 10.1 Å². The van der Waals surface area contributed by atoms with Crippen LogP contribution in [-0.4, -0.2) is 48.8 Å². The molecule has 1 aliphatic carbocycles. The fourth-order valence-electron chi connectivity index (χ4n) is 4.53. The molecule has 1 aliphatic heterocycles. The number of methoxy groups -OCH3 is 1. The number of likely N-dealkylation sites (tertiary alicyclic amines) is 1. The highest BCUT2D eigenvalue weighted by Crippen LogP contribution is 2.36. The number of carboxylic acid groups (broad SMARTS) is 1. The Hall–Kier alpha value is -2.37. The first kappa shape index (κ1) is 20.9. The van der Waals surface area contributed by atoms with Crippen LogP contribution in [0.2, 0.25) is 0 Å². The van der Waals surface area contributed by atoms with Crippen molar-refractivity contribution < 1.29 is 14.6 Å². The fourth-order valence-corrected chi connectivity index (χ4v) is 4.53. The molecule has 0 spiro atoms. The Balaban J connectivity index is 1.42. The molecule has 1 saturated carbocycles. The van der Waals surface area contributed by atoms with Gasteiger partial charge in [-0.1, -0.05) is 24.3 Å². The summed E-state index contributed by atoms with van der Waals surface area (Å²) in [5.41, 5.74) is 2.99. The lowest BCUT2D eigenvalue weighted by atomic mass is 9.73. The van der Waals surface area contributed by atoms with E-state index in [0.29, 0.717) is 11.6 Å². The molecule has 4 rings (SSSR count). The second kappa shape index (κ2) is 9.19. The summed E-state index contributed by atoms with van der Waals surface area (Å²) in [6.07, 6.45) is 5.74. The summed E-state index contributed by atoms with van der Waals surface area (Å²) in [4.78, 5) is 13.9. The van der Waals surface area contributed by atoms with Crippen LogP contribution in [0.3, 0.4) is 0 Å². The van der Waals surface area contributed by atoms with E-state index < -0.39 is 5.97 Å². The number of nitrogens with one attached hydrogen (secondary N) is 1. The van der Waals surface area contributed by atoms with E-state index in [1.807, 2.05) is 18.2 Å². The van der Waals surface area contributed by atoms with E-state index in [4.69, 9.17) is 4.74 Å². The molecule has 1 heterocycles. The molecule has 2 N–H and O–H groups in total. The van der Waals surface area contributed by atoms with Gasteiger partial charge in [-0.05, 0) is 86.0 Å². The van der Waals surface area contributed by atoms with E-state index in [1.54, 1.807) is 13.2 Å². The molecule has 160 valence electrons. The molecule has 0 unspecified atom stereocenters. The monoisotopic (exact) mass is 408 g/mol. The largest absolute Gasteiger partial charge is 0.497 e. The standard InChI is InChI=1S/C25H32N2O3/c1-30-23-7-3-5-20(15-23)17-27-12-10-25(11-13-27,18-26-22-8-9-22)16-19-4-2-6-21(14-19)24(28)29/h2-7,14-15,22,26H,8-13,16-18H2,1H3,(H,28,29). The molecule has 0 bridgehead atoms. The maximum Gasteiger partial charge on any atom is 0.335 e. The minimum atomic E-state index is -0.852. The predicted molar refractivity (Wildman–Crippen MR) is 118 cm³/mol. The molecule has 2 aromatic carbocycles. The van der Waals surface area contributed by atoms with Crippen LogP contribution in [0.5, 0.6) is 5.75 Å². The van der Waals surface area contributed by atoms with Gasteiger partial charge in [-0.2, -0.15) is 0 Å². The Morgan fingerprint density at radius 2 is 1.87 bits per heavy atom. The molecule has 0 aromatic heterocycles. The number of aromatic carboxylic acids is 1. The zero-order valence-electron chi connectivity index (χ0n) is 17.8. The Labute approximate surface area is 179 Å². The highest BCUT2D eigenvalue weighted by molar-refractivity contribution is 5.87. The molecule has 0 amide bonds. The van der Waals surface area contributed by atoms with Crippen molar-refractivity contribution in [2.24, 2.45) is 5.41 Å². The Kier molecular flexibility index (Phi) is 6.40. The number of rotatable bonds is 9. The van der Waals surface area contributed by atoms with Crippen molar-refractivity contribution in [2.45, 2.75) is 44.7 Å². The lowest BCUT2D eigenvalue weighted by molar-refractivity contribution is 0.0696. The van der Waals surface area contributed by atoms with Gasteiger partial charge in [-0.15, -0.1) is 0 Å². The highest BCUT2D eigenvalue weighted by atomic mass is 16.5. The summed E-state index contributed by atoms with van der Waals surface area (Å²) in [6, 6.07) is 16.5. The predicted octanol–water partition coefficient (Wildman–Crippen LogP) is 3.97. The number of hydrogen-bond acceptors (Lipinski definition) is 4. The number of piperidine rings is 1. The SMILES string of the molecule is COc1cccc(CN2CCC(CNC3CC3)(Cc3cccc(C(=O)O)c3)CC2)c1. The fraction of sp³-hybridized carbons (Fsp3) is 0.480. The van der Waals surface area contributed by atoms with Gasteiger partial charge in [0.25, 0.3) is 0 Å². The average Bonchev–Trinajstić information content (AvgIpc) is 3.59. The first-order chi connectivity index (χ1) is 14.5. The number of carboxylic acids is 1. The van der Waals surface area contributed by atoms with Crippen LogP contribution in [0.4, 0.5) is 0 Å². The molecule has 30 heavy (non-hydrogen) atoms. The third kappa shape index (κ3) is 5.41. The summed E-state index contributed by atoms with van der Waals surface area (Å²) in [6.45, 7) is 4.07. The molecular weight excluding hydrogens is 376 g/mol. The molecule has 2 aliphatic rings. The van der Waals surface area contributed by atoms with Gasteiger partial charge in [0, 0.05) is 19.1 Å². The maximum atomic E-state index is 11.4. The third-order valence-corrected chi connectivity index (χ3v) is 6.55. The number of ether oxygens (including phenoxy) is 1. The van der Waals surface area contributed by atoms with E-state index in [0.717, 1.165) is 56.8 Å². The zero-order valence-corrected chi connectivity index (χ0v) is 17.8. The molecule has 2 aromatic rings. The van der Waals surface area contributed by atoms with Crippen LogP contribution in [-0.2, 0) is 13.0 Å². The van der Waals surface area contributed by atoms with Crippen molar-refractivity contribution in [3.63, 3.8) is 0 Å². The minimum absolute atomic E-state index is 0.185. The molecule has 0 atom stereocenters. The van der Waals surface area contributed by atoms with E-state index >= 15 is 0 Å². The molecule has 5 nitrogen and oxygen atoms in total. The Morgan fingerprint density at radius 1 is 1.13 bits per heavy atom. The van der Waals surface area contributed by atoms with E-state index in [-0.39, 0.29) is 5.41 Å². The van der Waals surface area contributed by atoms with Crippen LogP contribution in [0, 0.1) is 5.41 Å². The van der Waals surface area contributed by atoms with Gasteiger partial charge in [0.2, 0.25) is 0 Å². The van der Waals surface area contributed by atoms with Crippen LogP contribution in [0.1, 0.15) is 47.2 Å². The average molecular weight is 409 g/mol. The van der Waals surface area contributed by atoms with Gasteiger partial charge >= 0.3 is 5.97 Å². The summed E-state index contributed by atoms with van der Waals surface area (Å²) < 4.78 is 5.36. The van der Waals surface area contributed by atoms with Crippen molar-refractivity contribution in [1.82, 2.24) is 10.2 Å². The molecular formula is C25H32N2O3. The topological polar surface area (TPSA) is 61.8 Å². The Morgan fingerprint density at radius 3 is 2.57 bits per heavy atom. The lowest BCUT2D eigenvalue weighted by Gasteiger charge is -2.42. The van der Waals surface area contributed by atoms with E-state index in [1.165, 1.54) is 18.4 Å². The summed E-state index contributed by atoms with van der Waals surface area (Å²) in [7, 11) is 1.71. The lowest BCUT2D eigenvalue weighted by Crippen LogP contribution is -2.46. The minimum Gasteiger partial charge on any atom is -0.497 e. The molecule has 2 fully saturated rings. The quantitative estimate of drug-likeness (QED) is 0.657. The highest BCUT2D eigenvalue weighted by Gasteiger charge is 2.36. The van der Waals surface area contributed by atoms with E-state index in [9.17, 15) is 9.90 Å². The van der Waals surface area contributed by atoms with E-state index in [2.05, 4.69) is 34.5 Å². The Bertz CT molecular complexity index is 870. The van der Waals surface area contributed by atoms with Crippen molar-refractivity contribution in [3.8, 4) is 5.75 Å². The first-order valence-electron chi connectivity index (χ1n) is 11.0. The number of carbonyl (C=O) groups is 1. The number of nitrogens with zero attached hydrogens (tertiary/aromatic N) is 1. The van der Waals surface area contributed by atoms with Crippen molar-refractivity contribution in [3.05, 3.63) is 65.2 Å². The third-order valence-electron chi connectivity index (χ3n) is 6.55. The summed E-state index contributed by atoms with van der Waals surface area (Å²) >= 11 is 0. The van der Waals surface area contributed by atoms with Crippen molar-refractivity contribution in [1.29, 1.82) is 0 Å². The van der Waals surface area contributed by atoms with Gasteiger partial charge in [-0.25, -0.2) is 4.79 Å². The van der Waals surface area contributed by atoms with Crippen molar-refractivity contribution >= 4 is 5.97 Å². The maximum absolute atomic E-state index is 11.4. The summed E-state index contributed by atoms with van der Waals surface area (Å²) in [5.74, 6) is 0.0564. The number of benzene rings is 2. The van der Waals surface area contributed by atoms with Gasteiger partial charge in [0.1, 0.15) is 5.75 Å². The van der Waals surface area contributed by atoms with Gasteiger partial charge in [0.15, 0.2) is 0 Å². The molecule has 1 saturated heterocycles. The summed E-state index contributed by atoms with van der Waals surface area (Å²) in [5, 5.41) is 13.1. The second-order valence-electron chi connectivity index (χ2n) is 8.97. The van der Waals surface area contributed by atoms with Crippen LogP contribution in [0.25, 0.3) is 0 Å². The van der Waals surface area contributed by atoms with Crippen LogP contribution in [0.15, 0.2) is 48.5 Å². The molecule has 0 radical (unpaired) electrons. The number of hydrogen-bond donors (Lipinski definition) is 2. The van der Waals surface area contributed by atoms with Gasteiger partial charge in [-0.3, -0.25) is 4.90 Å². The zero-order chi connectivity index (χ0) is 21.0. The van der Waals surface area contributed by atoms with Crippen LogP contribution >= 0.6 is 0 Å². The first-order valence-corrected chi connectivity index (χ1v) is 11.0. The van der Waals surface area contributed by atoms with Crippen molar-refractivity contribution in [2.75, 3.05) is 26.7 Å². The van der Waals surface area contributed by atoms with Gasteiger partial charge in [0.05, 0.1) is 12.7 Å². The second-order valence-corrected chi connectivity index (χ2v) is 8.97. The normalized spacial score (nSPS) is 18.8. The smallest absolute Gasteiger partial charge is 0.335 e. The van der Waals surface area contributed by atoms with Gasteiger partial charge < -0.3 is 15.2 Å².